The number of sulfonamides is 1. The van der Waals surface area contributed by atoms with Crippen molar-refractivity contribution in [2.75, 3.05) is 19.7 Å². The Morgan fingerprint density at radius 1 is 1.45 bits per heavy atom. The summed E-state index contributed by atoms with van der Waals surface area (Å²) in [5, 5.41) is 0.376. The van der Waals surface area contributed by atoms with Crippen molar-refractivity contribution in [3.05, 3.63) is 28.8 Å². The van der Waals surface area contributed by atoms with Crippen molar-refractivity contribution >= 4 is 33.2 Å². The first-order valence-electron chi connectivity index (χ1n) is 6.45. The summed E-state index contributed by atoms with van der Waals surface area (Å²) < 4.78 is 32.1. The molecule has 0 amide bonds. The minimum Gasteiger partial charge on any atom is -0.375 e. The van der Waals surface area contributed by atoms with Gasteiger partial charge in [-0.2, -0.15) is 4.31 Å². The molecule has 0 saturated carbocycles. The van der Waals surface area contributed by atoms with E-state index in [0.717, 1.165) is 12.0 Å². The summed E-state index contributed by atoms with van der Waals surface area (Å²) in [6.07, 6.45) is 0.744. The summed E-state index contributed by atoms with van der Waals surface area (Å²) in [6, 6.07) is 4.67. The highest BCUT2D eigenvalue weighted by atomic mass is 35.5. The zero-order valence-electron chi connectivity index (χ0n) is 11.2. The normalized spacial score (nSPS) is 21.1. The predicted molar refractivity (Wildman–Crippen MR) is 79.8 cm³/mol. The lowest BCUT2D eigenvalue weighted by molar-refractivity contribution is -0.00277. The Morgan fingerprint density at radius 3 is 2.80 bits per heavy atom. The summed E-state index contributed by atoms with van der Waals surface area (Å²) in [4.78, 5) is 0.202. The Hall–Kier alpha value is -0.330. The van der Waals surface area contributed by atoms with E-state index in [1.807, 2.05) is 6.92 Å². The largest absolute Gasteiger partial charge is 0.375 e. The first kappa shape index (κ1) is 16.0. The molecule has 0 aromatic heterocycles. The predicted octanol–water partition coefficient (Wildman–Crippen LogP) is 2.88. The molecule has 1 heterocycles. The van der Waals surface area contributed by atoms with Gasteiger partial charge in [0, 0.05) is 24.0 Å². The minimum absolute atomic E-state index is 0.0453. The van der Waals surface area contributed by atoms with E-state index in [2.05, 4.69) is 0 Å². The van der Waals surface area contributed by atoms with Crippen LogP contribution in [0.4, 0.5) is 0 Å². The highest BCUT2D eigenvalue weighted by Crippen LogP contribution is 2.25. The van der Waals surface area contributed by atoms with Crippen LogP contribution in [0.1, 0.15) is 18.9 Å². The number of rotatable bonds is 4. The third kappa shape index (κ3) is 3.28. The number of hydrogen-bond acceptors (Lipinski definition) is 3. The van der Waals surface area contributed by atoms with Crippen molar-refractivity contribution in [1.82, 2.24) is 4.31 Å². The zero-order valence-corrected chi connectivity index (χ0v) is 13.5. The highest BCUT2D eigenvalue weighted by Gasteiger charge is 2.30. The average Bonchev–Trinajstić information content (AvgIpc) is 2.47. The number of alkyl halides is 1. The summed E-state index contributed by atoms with van der Waals surface area (Å²) in [5.74, 6) is 0.259. The van der Waals surface area contributed by atoms with Gasteiger partial charge in [-0.3, -0.25) is 0 Å². The lowest BCUT2D eigenvalue weighted by Gasteiger charge is -2.31. The Bertz CT molecular complexity index is 577. The van der Waals surface area contributed by atoms with E-state index in [1.54, 1.807) is 12.1 Å². The second-order valence-corrected chi connectivity index (χ2v) is 7.26. The van der Waals surface area contributed by atoms with E-state index in [1.165, 1.54) is 10.4 Å². The number of hydrogen-bond donors (Lipinski definition) is 0. The number of morpholine rings is 1. The molecular formula is C13H17Cl2NO3S. The fourth-order valence-corrected chi connectivity index (χ4v) is 4.20. The molecule has 4 nitrogen and oxygen atoms in total. The van der Waals surface area contributed by atoms with Crippen molar-refractivity contribution in [2.24, 2.45) is 0 Å². The second kappa shape index (κ2) is 6.62. The van der Waals surface area contributed by atoms with Crippen LogP contribution in [0.3, 0.4) is 0 Å². The smallest absolute Gasteiger partial charge is 0.243 e. The van der Waals surface area contributed by atoms with Crippen LogP contribution in [0.5, 0.6) is 0 Å². The molecule has 1 aromatic carbocycles. The molecule has 1 unspecified atom stereocenters. The fourth-order valence-electron chi connectivity index (χ4n) is 2.10. The summed E-state index contributed by atoms with van der Waals surface area (Å²) >= 11 is 11.8. The average molecular weight is 338 g/mol. The van der Waals surface area contributed by atoms with Crippen LogP contribution in [0, 0.1) is 0 Å². The van der Waals surface area contributed by atoms with E-state index >= 15 is 0 Å². The Balaban J connectivity index is 2.28. The molecular weight excluding hydrogens is 321 g/mol. The van der Waals surface area contributed by atoms with Gasteiger partial charge in [0.25, 0.3) is 0 Å². The summed E-state index contributed by atoms with van der Waals surface area (Å²) in [5.41, 5.74) is 0.723. The van der Waals surface area contributed by atoms with Crippen LogP contribution in [0.25, 0.3) is 0 Å². The molecule has 0 spiro atoms. The van der Waals surface area contributed by atoms with Crippen LogP contribution in [0.15, 0.2) is 23.1 Å². The molecule has 2 rings (SSSR count). The van der Waals surface area contributed by atoms with Crippen molar-refractivity contribution < 1.29 is 13.2 Å². The lowest BCUT2D eigenvalue weighted by Crippen LogP contribution is -2.45. The van der Waals surface area contributed by atoms with E-state index in [-0.39, 0.29) is 16.9 Å². The molecule has 0 radical (unpaired) electrons. The van der Waals surface area contributed by atoms with E-state index < -0.39 is 10.0 Å². The van der Waals surface area contributed by atoms with Gasteiger partial charge < -0.3 is 4.74 Å². The van der Waals surface area contributed by atoms with Gasteiger partial charge in [0.15, 0.2) is 0 Å². The van der Waals surface area contributed by atoms with Crippen molar-refractivity contribution in [3.63, 3.8) is 0 Å². The van der Waals surface area contributed by atoms with E-state index in [9.17, 15) is 8.42 Å². The third-order valence-electron chi connectivity index (χ3n) is 3.36. The van der Waals surface area contributed by atoms with Crippen LogP contribution in [0.2, 0.25) is 5.02 Å². The molecule has 20 heavy (non-hydrogen) atoms. The Kier molecular flexibility index (Phi) is 5.31. The first-order valence-corrected chi connectivity index (χ1v) is 8.80. The first-order chi connectivity index (χ1) is 9.48. The SMILES string of the molecule is CCC1CN(S(=O)(=O)c2ccc(CCl)c(Cl)c2)CCO1. The maximum Gasteiger partial charge on any atom is 0.243 e. The molecule has 0 bridgehead atoms. The van der Waals surface area contributed by atoms with Crippen LogP contribution < -0.4 is 0 Å². The quantitative estimate of drug-likeness (QED) is 0.793. The molecule has 1 aliphatic heterocycles. The molecule has 1 saturated heterocycles. The molecule has 0 N–H and O–H groups in total. The molecule has 1 aliphatic rings. The van der Waals surface area contributed by atoms with E-state index in [4.69, 9.17) is 27.9 Å². The van der Waals surface area contributed by atoms with Gasteiger partial charge in [-0.05, 0) is 24.1 Å². The summed E-state index contributed by atoms with van der Waals surface area (Å²) in [7, 11) is -3.53. The molecule has 1 atom stereocenters. The maximum atomic E-state index is 12.6. The lowest BCUT2D eigenvalue weighted by atomic mass is 10.2. The zero-order chi connectivity index (χ0) is 14.8. The van der Waals surface area contributed by atoms with Gasteiger partial charge in [0.1, 0.15) is 0 Å². The van der Waals surface area contributed by atoms with Gasteiger partial charge in [0.2, 0.25) is 10.0 Å². The van der Waals surface area contributed by atoms with Gasteiger partial charge in [0.05, 0.1) is 17.6 Å². The number of ether oxygens (including phenoxy) is 1. The van der Waals surface area contributed by atoms with Gasteiger partial charge in [-0.1, -0.05) is 24.6 Å². The van der Waals surface area contributed by atoms with E-state index in [0.29, 0.717) is 24.7 Å². The molecule has 1 aromatic rings. The Morgan fingerprint density at radius 2 is 2.20 bits per heavy atom. The molecule has 0 aliphatic carbocycles. The molecule has 112 valence electrons. The topological polar surface area (TPSA) is 46.6 Å². The van der Waals surface area contributed by atoms with Gasteiger partial charge >= 0.3 is 0 Å². The third-order valence-corrected chi connectivity index (χ3v) is 5.86. The van der Waals surface area contributed by atoms with Crippen LogP contribution >= 0.6 is 23.2 Å². The monoisotopic (exact) mass is 337 g/mol. The van der Waals surface area contributed by atoms with Gasteiger partial charge in [-0.25, -0.2) is 8.42 Å². The number of benzene rings is 1. The number of halogens is 2. The maximum absolute atomic E-state index is 12.6. The fraction of sp³-hybridized carbons (Fsp3) is 0.538. The van der Waals surface area contributed by atoms with Crippen LogP contribution in [-0.4, -0.2) is 38.5 Å². The molecule has 7 heteroatoms. The van der Waals surface area contributed by atoms with Crippen molar-refractivity contribution in [2.45, 2.75) is 30.2 Å². The number of nitrogens with zero attached hydrogens (tertiary/aromatic N) is 1. The summed E-state index contributed by atoms with van der Waals surface area (Å²) in [6.45, 7) is 3.15. The van der Waals surface area contributed by atoms with Crippen molar-refractivity contribution in [1.29, 1.82) is 0 Å². The Labute approximate surface area is 129 Å². The standard InChI is InChI=1S/C13H17Cl2NO3S/c1-2-11-9-16(5-6-19-11)20(17,18)12-4-3-10(8-14)13(15)7-12/h3-4,7,11H,2,5-6,8-9H2,1H3. The van der Waals surface area contributed by atoms with Crippen LogP contribution in [-0.2, 0) is 20.6 Å². The highest BCUT2D eigenvalue weighted by molar-refractivity contribution is 7.89. The minimum atomic E-state index is -3.53. The van der Waals surface area contributed by atoms with Crippen molar-refractivity contribution in [3.8, 4) is 0 Å². The second-order valence-electron chi connectivity index (χ2n) is 4.65. The van der Waals surface area contributed by atoms with Gasteiger partial charge in [-0.15, -0.1) is 11.6 Å². The molecule has 1 fully saturated rings.